The molecule has 0 saturated heterocycles. The van der Waals surface area contributed by atoms with Gasteiger partial charge in [-0.1, -0.05) is 72.8 Å². The average Bonchev–Trinajstić information content (AvgIpc) is 2.80. The fourth-order valence-corrected chi connectivity index (χ4v) is 6.52. The SMILES string of the molecule is c1cc2cc3ccc4ccc5ccc6cc7cccc8c(c1)c2c1c3c4c5c6c1c78. The van der Waals surface area contributed by atoms with Crippen molar-refractivity contribution in [3.05, 3.63) is 84.9 Å². The first kappa shape index (κ1) is 14.1. The minimum Gasteiger partial charge on any atom is -0.0610 e. The number of benzene rings is 9. The second kappa shape index (κ2) is 4.32. The molecule has 9 rings (SSSR count). The molecular weight excluding hydrogens is 360 g/mol. The van der Waals surface area contributed by atoms with E-state index in [2.05, 4.69) is 84.9 Å². The molecule has 0 atom stereocenters. The molecule has 9 aromatic carbocycles. The van der Waals surface area contributed by atoms with Crippen LogP contribution >= 0.6 is 0 Å². The van der Waals surface area contributed by atoms with Gasteiger partial charge in [0.25, 0.3) is 0 Å². The summed E-state index contributed by atoms with van der Waals surface area (Å²) in [6, 6.07) is 32.3. The van der Waals surface area contributed by atoms with Crippen LogP contribution in [0.15, 0.2) is 84.9 Å². The maximum atomic E-state index is 2.40. The summed E-state index contributed by atoms with van der Waals surface area (Å²) >= 11 is 0. The first-order chi connectivity index (χ1) is 14.9. The Kier molecular flexibility index (Phi) is 2.04. The van der Waals surface area contributed by atoms with Gasteiger partial charge in [0, 0.05) is 0 Å². The number of hydrogen-bond acceptors (Lipinski definition) is 0. The highest BCUT2D eigenvalue weighted by Gasteiger charge is 2.23. The molecule has 0 bridgehead atoms. The molecule has 0 amide bonds. The summed E-state index contributed by atoms with van der Waals surface area (Å²) in [5.41, 5.74) is 0. The van der Waals surface area contributed by atoms with Crippen molar-refractivity contribution in [2.45, 2.75) is 0 Å². The van der Waals surface area contributed by atoms with Crippen LogP contribution in [0.1, 0.15) is 0 Å². The summed E-state index contributed by atoms with van der Waals surface area (Å²) in [6.07, 6.45) is 0. The topological polar surface area (TPSA) is 0 Å². The van der Waals surface area contributed by atoms with Gasteiger partial charge in [-0.15, -0.1) is 0 Å². The summed E-state index contributed by atoms with van der Waals surface area (Å²) in [5, 5.41) is 22.4. The van der Waals surface area contributed by atoms with Crippen molar-refractivity contribution in [2.24, 2.45) is 0 Å². The van der Waals surface area contributed by atoms with Gasteiger partial charge in [-0.3, -0.25) is 0 Å². The predicted octanol–water partition coefficient (Wildman–Crippen LogP) is 8.66. The van der Waals surface area contributed by atoms with Crippen molar-refractivity contribution in [3.8, 4) is 0 Å². The molecule has 0 heteroatoms. The van der Waals surface area contributed by atoms with Crippen LogP contribution < -0.4 is 0 Å². The largest absolute Gasteiger partial charge is 0.0610 e. The Labute approximate surface area is 171 Å². The molecular formula is C30H14. The van der Waals surface area contributed by atoms with Crippen molar-refractivity contribution >= 4 is 86.2 Å². The van der Waals surface area contributed by atoms with Crippen molar-refractivity contribution in [3.63, 3.8) is 0 Å². The summed E-state index contributed by atoms with van der Waals surface area (Å²) in [7, 11) is 0. The molecule has 0 fully saturated rings. The lowest BCUT2D eigenvalue weighted by Gasteiger charge is -2.23. The van der Waals surface area contributed by atoms with Gasteiger partial charge in [0.05, 0.1) is 0 Å². The van der Waals surface area contributed by atoms with Gasteiger partial charge >= 0.3 is 0 Å². The molecule has 0 radical (unpaired) electrons. The summed E-state index contributed by atoms with van der Waals surface area (Å²) in [4.78, 5) is 0. The lowest BCUT2D eigenvalue weighted by atomic mass is 9.79. The van der Waals surface area contributed by atoms with Gasteiger partial charge in [-0.05, 0) is 98.3 Å². The third kappa shape index (κ3) is 1.31. The molecule has 0 aliphatic rings. The number of rotatable bonds is 0. The fourth-order valence-electron chi connectivity index (χ4n) is 6.52. The van der Waals surface area contributed by atoms with Crippen LogP contribution in [0.3, 0.4) is 0 Å². The van der Waals surface area contributed by atoms with E-state index in [1.54, 1.807) is 0 Å². The summed E-state index contributed by atoms with van der Waals surface area (Å²) in [5.74, 6) is 0. The molecule has 0 N–H and O–H groups in total. The van der Waals surface area contributed by atoms with Gasteiger partial charge in [0.2, 0.25) is 0 Å². The third-order valence-electron chi connectivity index (χ3n) is 7.59. The second-order valence-electron chi connectivity index (χ2n) is 8.90. The molecule has 0 heterocycles. The van der Waals surface area contributed by atoms with E-state index in [0.717, 1.165) is 0 Å². The molecule has 0 aliphatic heterocycles. The van der Waals surface area contributed by atoms with E-state index in [-0.39, 0.29) is 0 Å². The standard InChI is InChI=1S/C30H14/c1-3-17-13-19-11-9-15-7-8-16-10-12-20-14-18-4-2-6-22-21(5-1)23(17)29-27(19)25(15)26(16)28(20)30(29)24(18)22/h1-14H. The Morgan fingerprint density at radius 1 is 0.267 bits per heavy atom. The van der Waals surface area contributed by atoms with Gasteiger partial charge in [-0.25, -0.2) is 0 Å². The Balaban J connectivity index is 1.90. The molecule has 9 aromatic rings. The van der Waals surface area contributed by atoms with Crippen LogP contribution in [0.5, 0.6) is 0 Å². The minimum absolute atomic E-state index is 1.35. The van der Waals surface area contributed by atoms with Crippen LogP contribution in [0.2, 0.25) is 0 Å². The van der Waals surface area contributed by atoms with Crippen LogP contribution in [0.25, 0.3) is 86.2 Å². The van der Waals surface area contributed by atoms with Crippen LogP contribution in [-0.2, 0) is 0 Å². The van der Waals surface area contributed by atoms with E-state index in [4.69, 9.17) is 0 Å². The minimum atomic E-state index is 1.35. The Morgan fingerprint density at radius 3 is 1.10 bits per heavy atom. The molecule has 0 aliphatic carbocycles. The maximum Gasteiger partial charge on any atom is -0.000116 e. The zero-order chi connectivity index (χ0) is 19.1. The molecule has 134 valence electrons. The zero-order valence-corrected chi connectivity index (χ0v) is 16.1. The highest BCUT2D eigenvalue weighted by atomic mass is 14.3. The van der Waals surface area contributed by atoms with E-state index in [9.17, 15) is 0 Å². The molecule has 0 nitrogen and oxygen atoms in total. The van der Waals surface area contributed by atoms with E-state index >= 15 is 0 Å². The Morgan fingerprint density at radius 2 is 0.633 bits per heavy atom. The second-order valence-corrected chi connectivity index (χ2v) is 8.90. The summed E-state index contributed by atoms with van der Waals surface area (Å²) in [6.45, 7) is 0. The fraction of sp³-hybridized carbons (Fsp3) is 0. The molecule has 30 heavy (non-hydrogen) atoms. The Hall–Kier alpha value is -3.90. The van der Waals surface area contributed by atoms with Crippen molar-refractivity contribution in [1.82, 2.24) is 0 Å². The third-order valence-corrected chi connectivity index (χ3v) is 7.59. The first-order valence-corrected chi connectivity index (χ1v) is 10.6. The van der Waals surface area contributed by atoms with Crippen LogP contribution in [0.4, 0.5) is 0 Å². The number of hydrogen-bond donors (Lipinski definition) is 0. The van der Waals surface area contributed by atoms with Gasteiger partial charge in [0.15, 0.2) is 0 Å². The van der Waals surface area contributed by atoms with E-state index in [1.165, 1.54) is 86.2 Å². The molecule has 0 saturated carbocycles. The molecule has 0 spiro atoms. The van der Waals surface area contributed by atoms with Gasteiger partial charge in [0.1, 0.15) is 0 Å². The van der Waals surface area contributed by atoms with Crippen molar-refractivity contribution in [1.29, 1.82) is 0 Å². The zero-order valence-electron chi connectivity index (χ0n) is 16.1. The lowest BCUT2D eigenvalue weighted by molar-refractivity contribution is 1.80. The highest BCUT2D eigenvalue weighted by Crippen LogP contribution is 2.52. The quantitative estimate of drug-likeness (QED) is 0.184. The first-order valence-electron chi connectivity index (χ1n) is 10.6. The van der Waals surface area contributed by atoms with Gasteiger partial charge < -0.3 is 0 Å². The average molecular weight is 374 g/mol. The highest BCUT2D eigenvalue weighted by molar-refractivity contribution is 6.51. The summed E-state index contributed by atoms with van der Waals surface area (Å²) < 4.78 is 0. The Bertz CT molecular complexity index is 1940. The van der Waals surface area contributed by atoms with Crippen LogP contribution in [0, 0.1) is 0 Å². The lowest BCUT2D eigenvalue weighted by Crippen LogP contribution is -1.95. The van der Waals surface area contributed by atoms with Crippen LogP contribution in [-0.4, -0.2) is 0 Å². The molecule has 0 aromatic heterocycles. The van der Waals surface area contributed by atoms with Crippen molar-refractivity contribution < 1.29 is 0 Å². The number of fused-ring (bicyclic) bond motifs is 1. The van der Waals surface area contributed by atoms with E-state index < -0.39 is 0 Å². The monoisotopic (exact) mass is 374 g/mol. The molecule has 0 unspecified atom stereocenters. The predicted molar refractivity (Wildman–Crippen MR) is 131 cm³/mol. The maximum absolute atomic E-state index is 2.40. The smallest absolute Gasteiger partial charge is 0.000116 e. The van der Waals surface area contributed by atoms with Gasteiger partial charge in [-0.2, -0.15) is 0 Å². The normalized spacial score (nSPS) is 13.3. The van der Waals surface area contributed by atoms with E-state index in [0.29, 0.717) is 0 Å². The van der Waals surface area contributed by atoms with E-state index in [1.807, 2.05) is 0 Å². The van der Waals surface area contributed by atoms with Crippen molar-refractivity contribution in [2.75, 3.05) is 0 Å².